The van der Waals surface area contributed by atoms with Gasteiger partial charge in [0.25, 0.3) is 5.91 Å². The van der Waals surface area contributed by atoms with Crippen LogP contribution in [-0.2, 0) is 4.79 Å². The van der Waals surface area contributed by atoms with Gasteiger partial charge in [-0.15, -0.1) is 0 Å². The zero-order chi connectivity index (χ0) is 29.6. The van der Waals surface area contributed by atoms with E-state index in [0.717, 1.165) is 18.4 Å². The van der Waals surface area contributed by atoms with Crippen LogP contribution in [0.5, 0.6) is 0 Å². The van der Waals surface area contributed by atoms with Crippen LogP contribution in [0.25, 0.3) is 5.65 Å². The first kappa shape index (κ1) is 28.7. The maximum absolute atomic E-state index is 14.1. The highest BCUT2D eigenvalue weighted by molar-refractivity contribution is 5.92. The van der Waals surface area contributed by atoms with E-state index in [1.165, 1.54) is 0 Å². The van der Waals surface area contributed by atoms with Crippen LogP contribution in [0.15, 0.2) is 30.7 Å². The van der Waals surface area contributed by atoms with Gasteiger partial charge in [-0.2, -0.15) is 10.2 Å². The molecule has 3 aromatic heterocycles. The van der Waals surface area contributed by atoms with E-state index in [0.29, 0.717) is 42.2 Å². The third kappa shape index (κ3) is 6.17. The number of nitrogens with one attached hydrogen (secondary N) is 2. The molecular weight excluding hydrogens is 547 g/mol. The Bertz CT molecular complexity index is 1430. The maximum atomic E-state index is 14.1. The Morgan fingerprint density at radius 3 is 2.43 bits per heavy atom. The maximum Gasteiger partial charge on any atom is 0.270 e. The van der Waals surface area contributed by atoms with Crippen molar-refractivity contribution in [3.8, 4) is 0 Å². The molecule has 2 amide bonds. The lowest BCUT2D eigenvalue weighted by Crippen LogP contribution is -2.38. The predicted molar refractivity (Wildman–Crippen MR) is 149 cm³/mol. The summed E-state index contributed by atoms with van der Waals surface area (Å²) in [4.78, 5) is 31.0. The summed E-state index contributed by atoms with van der Waals surface area (Å²) in [5.74, 6) is -2.93. The van der Waals surface area contributed by atoms with E-state index < -0.39 is 18.1 Å². The minimum atomic E-state index is -2.70. The first-order chi connectivity index (χ1) is 20.1. The molecule has 9 nitrogen and oxygen atoms in total. The minimum Gasteiger partial charge on any atom is -0.349 e. The average molecular weight is 586 g/mol. The standard InChI is InChI=1S/C30H38F3N7O2/c1-17(2)40-24(7-10-34-40)29(42)38-28(20-5-8-30(32,33)9-6-20)23-16-39-25(36-23)14-21(15-35-39)27(19-3-4-19)37-26(41)13-18-11-22(31)12-18/h7,10,14-20,22,27-28H,3-6,8-9,11-13H2,1-2H3,(H,37,41)(H,38,42)/t18-,22-,27?,28-/m0/s1. The number of amides is 2. The van der Waals surface area contributed by atoms with E-state index in [2.05, 4.69) is 20.8 Å². The first-order valence-corrected chi connectivity index (χ1v) is 15.1. The molecule has 0 aromatic carbocycles. The number of aromatic nitrogens is 5. The van der Waals surface area contributed by atoms with Gasteiger partial charge in [-0.1, -0.05) is 0 Å². The molecular formula is C30H38F3N7O2. The van der Waals surface area contributed by atoms with Crippen molar-refractivity contribution in [1.82, 2.24) is 35.0 Å². The van der Waals surface area contributed by atoms with Crippen LogP contribution in [0.4, 0.5) is 13.2 Å². The molecule has 0 bridgehead atoms. The molecule has 3 aliphatic carbocycles. The zero-order valence-electron chi connectivity index (χ0n) is 24.0. The summed E-state index contributed by atoms with van der Waals surface area (Å²) < 4.78 is 44.6. The number of rotatable bonds is 10. The monoisotopic (exact) mass is 585 g/mol. The lowest BCUT2D eigenvalue weighted by atomic mass is 9.81. The Labute approximate surface area is 242 Å². The van der Waals surface area contributed by atoms with Crippen molar-refractivity contribution in [2.24, 2.45) is 17.8 Å². The van der Waals surface area contributed by atoms with Gasteiger partial charge in [0.2, 0.25) is 11.8 Å². The molecule has 2 N–H and O–H groups in total. The molecule has 3 saturated carbocycles. The van der Waals surface area contributed by atoms with Gasteiger partial charge in [0.1, 0.15) is 11.9 Å². The van der Waals surface area contributed by atoms with Gasteiger partial charge in [0, 0.05) is 31.5 Å². The van der Waals surface area contributed by atoms with Crippen LogP contribution in [0.3, 0.4) is 0 Å². The zero-order valence-corrected chi connectivity index (χ0v) is 24.0. The Morgan fingerprint density at radius 1 is 1.05 bits per heavy atom. The van der Waals surface area contributed by atoms with Crippen molar-refractivity contribution in [2.45, 2.75) is 102 Å². The van der Waals surface area contributed by atoms with E-state index >= 15 is 0 Å². The second-order valence-electron chi connectivity index (χ2n) is 12.7. The van der Waals surface area contributed by atoms with Gasteiger partial charge in [-0.3, -0.25) is 14.3 Å². The van der Waals surface area contributed by atoms with Crippen LogP contribution in [0.1, 0.15) is 112 Å². The fraction of sp³-hybridized carbons (Fsp3) is 0.633. The Kier molecular flexibility index (Phi) is 7.74. The van der Waals surface area contributed by atoms with Gasteiger partial charge < -0.3 is 10.6 Å². The van der Waals surface area contributed by atoms with Gasteiger partial charge >= 0.3 is 0 Å². The van der Waals surface area contributed by atoms with Crippen molar-refractivity contribution < 1.29 is 22.8 Å². The van der Waals surface area contributed by atoms with Crippen molar-refractivity contribution in [3.63, 3.8) is 0 Å². The molecule has 0 radical (unpaired) electrons. The average Bonchev–Trinajstić information content (AvgIpc) is 3.47. The molecule has 12 heteroatoms. The third-order valence-corrected chi connectivity index (χ3v) is 9.01. The highest BCUT2D eigenvalue weighted by Gasteiger charge is 2.40. The van der Waals surface area contributed by atoms with Crippen molar-refractivity contribution in [3.05, 3.63) is 47.7 Å². The molecule has 3 heterocycles. The van der Waals surface area contributed by atoms with Crippen LogP contribution in [0, 0.1) is 17.8 Å². The predicted octanol–water partition coefficient (Wildman–Crippen LogP) is 5.51. The van der Waals surface area contributed by atoms with Gasteiger partial charge in [0.15, 0.2) is 5.65 Å². The largest absolute Gasteiger partial charge is 0.349 e. The van der Waals surface area contributed by atoms with E-state index in [9.17, 15) is 22.8 Å². The van der Waals surface area contributed by atoms with E-state index in [-0.39, 0.29) is 61.4 Å². The quantitative estimate of drug-likeness (QED) is 0.327. The molecule has 3 aliphatic rings. The van der Waals surface area contributed by atoms with E-state index in [4.69, 9.17) is 4.98 Å². The number of halogens is 3. The summed E-state index contributed by atoms with van der Waals surface area (Å²) in [6.45, 7) is 3.86. The summed E-state index contributed by atoms with van der Waals surface area (Å²) in [5, 5.41) is 15.0. The first-order valence-electron chi connectivity index (χ1n) is 15.1. The normalized spacial score (nSPS) is 23.9. The molecule has 42 heavy (non-hydrogen) atoms. The number of nitrogens with zero attached hydrogens (tertiary/aromatic N) is 5. The summed E-state index contributed by atoms with van der Waals surface area (Å²) in [6.07, 6.45) is 7.50. The van der Waals surface area contributed by atoms with Crippen LogP contribution < -0.4 is 10.6 Å². The molecule has 1 unspecified atom stereocenters. The number of carbonyl (C=O) groups is 2. The number of hydrogen-bond donors (Lipinski definition) is 2. The van der Waals surface area contributed by atoms with Gasteiger partial charge in [-0.05, 0) is 87.8 Å². The third-order valence-electron chi connectivity index (χ3n) is 9.01. The second-order valence-corrected chi connectivity index (χ2v) is 12.7. The van der Waals surface area contributed by atoms with Crippen molar-refractivity contribution >= 4 is 17.5 Å². The SMILES string of the molecule is CC(C)n1nccc1C(=O)N[C@H](c1cn2ncc(C(NC(=O)C[C@H]3C[C@H](F)C3)C3CC3)cc2n1)C1CCC(F)(F)CC1. The van der Waals surface area contributed by atoms with Crippen LogP contribution >= 0.6 is 0 Å². The summed E-state index contributed by atoms with van der Waals surface area (Å²) in [5.41, 5.74) is 2.34. The summed E-state index contributed by atoms with van der Waals surface area (Å²) >= 11 is 0. The Hall–Kier alpha value is -3.44. The Balaban J connectivity index is 1.25. The summed E-state index contributed by atoms with van der Waals surface area (Å²) in [6, 6.07) is 2.72. The number of carbonyl (C=O) groups excluding carboxylic acids is 2. The van der Waals surface area contributed by atoms with Crippen molar-refractivity contribution in [1.29, 1.82) is 0 Å². The smallest absolute Gasteiger partial charge is 0.270 e. The molecule has 6 rings (SSSR count). The topological polar surface area (TPSA) is 106 Å². The fourth-order valence-corrected chi connectivity index (χ4v) is 6.40. The highest BCUT2D eigenvalue weighted by atomic mass is 19.3. The lowest BCUT2D eigenvalue weighted by molar-refractivity contribution is -0.124. The molecule has 0 aliphatic heterocycles. The van der Waals surface area contributed by atoms with E-state index in [1.807, 2.05) is 19.9 Å². The molecule has 0 spiro atoms. The molecule has 2 atom stereocenters. The molecule has 0 saturated heterocycles. The van der Waals surface area contributed by atoms with Gasteiger partial charge in [-0.25, -0.2) is 22.7 Å². The molecule has 226 valence electrons. The van der Waals surface area contributed by atoms with E-state index in [1.54, 1.807) is 33.9 Å². The highest BCUT2D eigenvalue weighted by Crippen LogP contribution is 2.43. The Morgan fingerprint density at radius 2 is 1.76 bits per heavy atom. The van der Waals surface area contributed by atoms with Crippen LogP contribution in [0.2, 0.25) is 0 Å². The van der Waals surface area contributed by atoms with Gasteiger partial charge in [0.05, 0.1) is 30.2 Å². The van der Waals surface area contributed by atoms with Crippen LogP contribution in [-0.4, -0.2) is 48.3 Å². The van der Waals surface area contributed by atoms with Crippen molar-refractivity contribution in [2.75, 3.05) is 0 Å². The summed E-state index contributed by atoms with van der Waals surface area (Å²) in [7, 11) is 0. The number of alkyl halides is 3. The lowest BCUT2D eigenvalue weighted by Gasteiger charge is -2.33. The molecule has 3 aromatic rings. The minimum absolute atomic E-state index is 0.0281. The number of imidazole rings is 1. The molecule has 3 fully saturated rings. The number of fused-ring (bicyclic) bond motifs is 1. The fourth-order valence-electron chi connectivity index (χ4n) is 6.40. The number of hydrogen-bond acceptors (Lipinski definition) is 5. The second kappa shape index (κ2) is 11.3.